The summed E-state index contributed by atoms with van der Waals surface area (Å²) < 4.78 is 5.63. The van der Waals surface area contributed by atoms with Crippen molar-refractivity contribution in [3.05, 3.63) is 0 Å². The minimum atomic E-state index is -0.430. The monoisotopic (exact) mass is 273 g/mol. The van der Waals surface area contributed by atoms with Crippen molar-refractivity contribution in [1.29, 1.82) is 0 Å². The van der Waals surface area contributed by atoms with Crippen molar-refractivity contribution in [3.8, 4) is 0 Å². The molecule has 19 heavy (non-hydrogen) atoms. The summed E-state index contributed by atoms with van der Waals surface area (Å²) in [5, 5.41) is 2.90. The first-order valence-electron chi connectivity index (χ1n) is 7.21. The Hall–Kier alpha value is -0.650. The van der Waals surface area contributed by atoms with Crippen LogP contribution in [-0.4, -0.2) is 56.7 Å². The summed E-state index contributed by atoms with van der Waals surface area (Å²) in [7, 11) is 4.06. The molecule has 1 amide bonds. The molecule has 0 spiro atoms. The lowest BCUT2D eigenvalue weighted by atomic mass is 9.99. The molecule has 0 aliphatic carbocycles. The molecule has 0 aliphatic heterocycles. The van der Waals surface area contributed by atoms with E-state index in [1.54, 1.807) is 0 Å². The zero-order chi connectivity index (χ0) is 14.8. The molecule has 0 saturated carbocycles. The topological polar surface area (TPSA) is 67.6 Å². The van der Waals surface area contributed by atoms with Gasteiger partial charge < -0.3 is 20.7 Å². The molecule has 3 atom stereocenters. The predicted octanol–water partition coefficient (Wildman–Crippen LogP) is 0.833. The first kappa shape index (κ1) is 18.4. The van der Waals surface area contributed by atoms with E-state index in [2.05, 4.69) is 10.2 Å². The molecule has 0 heterocycles. The third-order valence-corrected chi connectivity index (χ3v) is 3.36. The number of ether oxygens (including phenoxy) is 1. The molecule has 0 saturated heterocycles. The average molecular weight is 273 g/mol. The third kappa shape index (κ3) is 8.18. The molecule has 5 nitrogen and oxygen atoms in total. The van der Waals surface area contributed by atoms with Crippen LogP contribution in [0, 0.1) is 5.92 Å². The van der Waals surface area contributed by atoms with Gasteiger partial charge in [-0.1, -0.05) is 20.3 Å². The van der Waals surface area contributed by atoms with E-state index < -0.39 is 6.04 Å². The van der Waals surface area contributed by atoms with Crippen LogP contribution in [-0.2, 0) is 9.53 Å². The Morgan fingerprint density at radius 3 is 2.47 bits per heavy atom. The summed E-state index contributed by atoms with van der Waals surface area (Å²) in [5.41, 5.74) is 5.89. The number of nitrogens with zero attached hydrogens (tertiary/aromatic N) is 1. The summed E-state index contributed by atoms with van der Waals surface area (Å²) >= 11 is 0. The molecule has 0 aromatic rings. The molecular weight excluding hydrogens is 242 g/mol. The van der Waals surface area contributed by atoms with Crippen molar-refractivity contribution >= 4 is 5.91 Å². The van der Waals surface area contributed by atoms with E-state index in [9.17, 15) is 4.79 Å². The van der Waals surface area contributed by atoms with Crippen LogP contribution in [0.5, 0.6) is 0 Å². The minimum absolute atomic E-state index is 0.0560. The number of carbonyl (C=O) groups excluding carboxylic acids is 1. The molecule has 0 fully saturated rings. The van der Waals surface area contributed by atoms with Gasteiger partial charge in [0.15, 0.2) is 0 Å². The van der Waals surface area contributed by atoms with Gasteiger partial charge in [0.25, 0.3) is 0 Å². The summed E-state index contributed by atoms with van der Waals surface area (Å²) in [6.45, 7) is 8.14. The molecule has 3 N–H and O–H groups in total. The molecule has 0 rings (SSSR count). The van der Waals surface area contributed by atoms with E-state index in [4.69, 9.17) is 10.5 Å². The number of carbonyl (C=O) groups is 1. The van der Waals surface area contributed by atoms with E-state index in [0.717, 1.165) is 19.4 Å². The highest BCUT2D eigenvalue weighted by Crippen LogP contribution is 2.05. The Morgan fingerprint density at radius 2 is 2.00 bits per heavy atom. The Bertz CT molecular complexity index is 247. The number of hydrogen-bond acceptors (Lipinski definition) is 4. The molecular formula is C14H31N3O2. The van der Waals surface area contributed by atoms with Crippen LogP contribution in [0.2, 0.25) is 0 Å². The second kappa shape index (κ2) is 10.2. The number of amides is 1. The van der Waals surface area contributed by atoms with Crippen molar-refractivity contribution in [2.24, 2.45) is 11.7 Å². The summed E-state index contributed by atoms with van der Waals surface area (Å²) in [5.74, 6) is 0.122. The number of hydrogen-bond donors (Lipinski definition) is 2. The molecule has 5 heteroatoms. The fourth-order valence-electron chi connectivity index (χ4n) is 1.73. The van der Waals surface area contributed by atoms with E-state index >= 15 is 0 Å². The average Bonchev–Trinajstić information content (AvgIpc) is 2.39. The van der Waals surface area contributed by atoms with Gasteiger partial charge in [-0.2, -0.15) is 0 Å². The van der Waals surface area contributed by atoms with Crippen molar-refractivity contribution in [2.45, 2.75) is 45.8 Å². The second-order valence-electron chi connectivity index (χ2n) is 5.33. The Balaban J connectivity index is 4.12. The molecule has 0 aliphatic rings. The number of nitrogens with one attached hydrogen (secondary N) is 1. The minimum Gasteiger partial charge on any atom is -0.377 e. The van der Waals surface area contributed by atoms with Gasteiger partial charge in [-0.05, 0) is 33.4 Å². The van der Waals surface area contributed by atoms with Gasteiger partial charge in [-0.25, -0.2) is 0 Å². The van der Waals surface area contributed by atoms with Gasteiger partial charge in [-0.15, -0.1) is 0 Å². The quantitative estimate of drug-likeness (QED) is 0.619. The maximum absolute atomic E-state index is 11.9. The van der Waals surface area contributed by atoms with Gasteiger partial charge in [0, 0.05) is 19.7 Å². The lowest BCUT2D eigenvalue weighted by molar-refractivity contribution is -0.124. The molecule has 3 unspecified atom stereocenters. The van der Waals surface area contributed by atoms with Crippen LogP contribution in [0.1, 0.15) is 33.6 Å². The van der Waals surface area contributed by atoms with Crippen LogP contribution in [0.4, 0.5) is 0 Å². The lowest BCUT2D eigenvalue weighted by Crippen LogP contribution is -2.47. The standard InChI is InChI=1S/C14H31N3O2/c1-6-11(3)13(15)14(18)16-10-12(19-7-2)8-9-17(4)5/h11-13H,6-10,15H2,1-5H3,(H,16,18). The molecule has 114 valence electrons. The second-order valence-corrected chi connectivity index (χ2v) is 5.33. The Labute approximate surface area is 117 Å². The van der Waals surface area contributed by atoms with Gasteiger partial charge in [-0.3, -0.25) is 4.79 Å². The molecule has 0 aromatic heterocycles. The van der Waals surface area contributed by atoms with E-state index in [1.807, 2.05) is 34.9 Å². The maximum atomic E-state index is 11.9. The van der Waals surface area contributed by atoms with Crippen LogP contribution in [0.15, 0.2) is 0 Å². The largest absolute Gasteiger partial charge is 0.377 e. The van der Waals surface area contributed by atoms with Crippen molar-refractivity contribution in [3.63, 3.8) is 0 Å². The fourth-order valence-corrected chi connectivity index (χ4v) is 1.73. The van der Waals surface area contributed by atoms with Crippen LogP contribution >= 0.6 is 0 Å². The molecule has 0 aromatic carbocycles. The van der Waals surface area contributed by atoms with Gasteiger partial charge in [0.05, 0.1) is 12.1 Å². The zero-order valence-corrected chi connectivity index (χ0v) is 13.1. The highest BCUT2D eigenvalue weighted by Gasteiger charge is 2.20. The van der Waals surface area contributed by atoms with E-state index in [0.29, 0.717) is 13.2 Å². The van der Waals surface area contributed by atoms with E-state index in [1.165, 1.54) is 0 Å². The number of nitrogens with two attached hydrogens (primary N) is 1. The van der Waals surface area contributed by atoms with Crippen molar-refractivity contribution in [1.82, 2.24) is 10.2 Å². The Kier molecular flexibility index (Phi) is 9.83. The first-order chi connectivity index (χ1) is 8.92. The summed E-state index contributed by atoms with van der Waals surface area (Å²) in [6.07, 6.45) is 1.87. The molecule has 0 radical (unpaired) electrons. The third-order valence-electron chi connectivity index (χ3n) is 3.36. The van der Waals surface area contributed by atoms with Crippen molar-refractivity contribution < 1.29 is 9.53 Å². The van der Waals surface area contributed by atoms with Crippen molar-refractivity contribution in [2.75, 3.05) is 33.8 Å². The van der Waals surface area contributed by atoms with Crippen LogP contribution in [0.3, 0.4) is 0 Å². The summed E-state index contributed by atoms with van der Waals surface area (Å²) in [6, 6.07) is -0.430. The molecule has 0 bridgehead atoms. The maximum Gasteiger partial charge on any atom is 0.237 e. The lowest BCUT2D eigenvalue weighted by Gasteiger charge is -2.22. The predicted molar refractivity (Wildman–Crippen MR) is 79.0 cm³/mol. The van der Waals surface area contributed by atoms with E-state index in [-0.39, 0.29) is 17.9 Å². The Morgan fingerprint density at radius 1 is 1.37 bits per heavy atom. The zero-order valence-electron chi connectivity index (χ0n) is 13.1. The smallest absolute Gasteiger partial charge is 0.237 e. The van der Waals surface area contributed by atoms with Crippen LogP contribution < -0.4 is 11.1 Å². The fraction of sp³-hybridized carbons (Fsp3) is 0.929. The highest BCUT2D eigenvalue weighted by molar-refractivity contribution is 5.81. The van der Waals surface area contributed by atoms with Crippen LogP contribution in [0.25, 0.3) is 0 Å². The number of rotatable bonds is 10. The highest BCUT2D eigenvalue weighted by atomic mass is 16.5. The first-order valence-corrected chi connectivity index (χ1v) is 7.21. The summed E-state index contributed by atoms with van der Waals surface area (Å²) in [4.78, 5) is 14.0. The van der Waals surface area contributed by atoms with Gasteiger partial charge in [0.1, 0.15) is 0 Å². The SMILES string of the molecule is CCOC(CCN(C)C)CNC(=O)C(N)C(C)CC. The van der Waals surface area contributed by atoms with Gasteiger partial charge >= 0.3 is 0 Å². The van der Waals surface area contributed by atoms with Gasteiger partial charge in [0.2, 0.25) is 5.91 Å². The normalized spacial score (nSPS) is 16.2.